The highest BCUT2D eigenvalue weighted by Gasteiger charge is 2.17. The zero-order valence-corrected chi connectivity index (χ0v) is 10.6. The van der Waals surface area contributed by atoms with Gasteiger partial charge in [-0.15, -0.1) is 5.10 Å². The minimum absolute atomic E-state index is 0.0199. The second-order valence-electron chi connectivity index (χ2n) is 3.04. The highest BCUT2D eigenvalue weighted by Crippen LogP contribution is 2.15. The van der Waals surface area contributed by atoms with Crippen LogP contribution >= 0.6 is 23.2 Å². The van der Waals surface area contributed by atoms with Crippen LogP contribution in [0.5, 0.6) is 0 Å². The Hall–Kier alpha value is -1.24. The minimum atomic E-state index is -3.93. The molecule has 90 valence electrons. The van der Waals surface area contributed by atoms with E-state index >= 15 is 0 Å². The second kappa shape index (κ2) is 4.56. The molecule has 0 N–H and O–H groups in total. The van der Waals surface area contributed by atoms with Gasteiger partial charge in [0.15, 0.2) is 0 Å². The van der Waals surface area contributed by atoms with Gasteiger partial charge in [-0.1, -0.05) is 28.0 Å². The summed E-state index contributed by atoms with van der Waals surface area (Å²) in [6.07, 6.45) is 2.49. The van der Waals surface area contributed by atoms with Gasteiger partial charge in [-0.25, -0.2) is 0 Å². The lowest BCUT2D eigenvalue weighted by molar-refractivity contribution is 0.240. The van der Waals surface area contributed by atoms with Gasteiger partial charge in [0.05, 0.1) is 17.4 Å². The Morgan fingerprint density at radius 2 is 1.76 bits per heavy atom. The van der Waals surface area contributed by atoms with Crippen molar-refractivity contribution < 1.29 is 12.7 Å². The van der Waals surface area contributed by atoms with Crippen molar-refractivity contribution in [3.8, 4) is 0 Å². The zero-order valence-electron chi connectivity index (χ0n) is 8.25. The van der Waals surface area contributed by atoms with Gasteiger partial charge < -0.3 is 0 Å². The molecule has 0 bridgehead atoms. The Morgan fingerprint density at radius 1 is 1.12 bits per heavy atom. The topological polar surface area (TPSA) is 61.2 Å². The molecule has 1 aromatic heterocycles. The Bertz CT molecular complexity index is 622. The van der Waals surface area contributed by atoms with Crippen LogP contribution in [0.2, 0.25) is 10.0 Å². The van der Waals surface area contributed by atoms with Crippen molar-refractivity contribution >= 4 is 33.3 Å². The maximum Gasteiger partial charge on any atom is 0.358 e. The smallest absolute Gasteiger partial charge is 0.266 e. The zero-order chi connectivity index (χ0) is 12.5. The lowest BCUT2D eigenvalue weighted by Gasteiger charge is -2.05. The maximum atomic E-state index is 11.8. The van der Waals surface area contributed by atoms with Crippen LogP contribution in [0, 0.1) is 0 Å². The van der Waals surface area contributed by atoms with Crippen LogP contribution in [0.4, 0.5) is 0 Å². The molecule has 2 rings (SSSR count). The summed E-state index contributed by atoms with van der Waals surface area (Å²) in [6.45, 7) is 0. The number of halogens is 2. The highest BCUT2D eigenvalue weighted by molar-refractivity contribution is 7.87. The molecule has 17 heavy (non-hydrogen) atoms. The fourth-order valence-corrected chi connectivity index (χ4v) is 2.16. The molecule has 1 aromatic carbocycles. The van der Waals surface area contributed by atoms with Crippen molar-refractivity contribution in [2.45, 2.75) is 4.90 Å². The molecule has 0 fully saturated rings. The van der Waals surface area contributed by atoms with E-state index < -0.39 is 10.1 Å². The predicted octanol–water partition coefficient (Wildman–Crippen LogP) is 2.01. The first-order chi connectivity index (χ1) is 7.97. The van der Waals surface area contributed by atoms with E-state index in [-0.39, 0.29) is 9.92 Å². The Morgan fingerprint density at radius 3 is 2.29 bits per heavy atom. The number of rotatable bonds is 3. The summed E-state index contributed by atoms with van der Waals surface area (Å²) < 4.78 is 28.2. The van der Waals surface area contributed by atoms with Crippen molar-refractivity contribution in [1.82, 2.24) is 9.94 Å². The van der Waals surface area contributed by atoms with E-state index in [9.17, 15) is 8.42 Å². The van der Waals surface area contributed by atoms with E-state index in [1.165, 1.54) is 36.7 Å². The van der Waals surface area contributed by atoms with Crippen LogP contribution in [0.15, 0.2) is 41.6 Å². The minimum Gasteiger partial charge on any atom is -0.266 e. The Kier molecular flexibility index (Phi) is 3.28. The molecule has 0 aliphatic rings. The lowest BCUT2D eigenvalue weighted by Crippen LogP contribution is -2.20. The van der Waals surface area contributed by atoms with Crippen molar-refractivity contribution in [2.75, 3.05) is 0 Å². The van der Waals surface area contributed by atoms with Crippen LogP contribution in [0.25, 0.3) is 0 Å². The third-order valence-electron chi connectivity index (χ3n) is 1.81. The SMILES string of the molecule is O=S(=O)(On1cc(Cl)cn1)c1ccc(Cl)cc1. The molecule has 8 heteroatoms. The molecule has 0 aliphatic carbocycles. The first kappa shape index (κ1) is 12.2. The van der Waals surface area contributed by atoms with E-state index in [4.69, 9.17) is 27.5 Å². The van der Waals surface area contributed by atoms with Crippen molar-refractivity contribution in [3.05, 3.63) is 46.7 Å². The van der Waals surface area contributed by atoms with Crippen molar-refractivity contribution in [1.29, 1.82) is 0 Å². The monoisotopic (exact) mass is 292 g/mol. The Labute approximate surface area is 108 Å². The number of aromatic nitrogens is 2. The number of hydrogen-bond acceptors (Lipinski definition) is 4. The van der Waals surface area contributed by atoms with Gasteiger partial charge in [0.2, 0.25) is 0 Å². The number of benzene rings is 1. The largest absolute Gasteiger partial charge is 0.358 e. The van der Waals surface area contributed by atoms with Gasteiger partial charge in [0, 0.05) is 5.02 Å². The van der Waals surface area contributed by atoms with E-state index in [2.05, 4.69) is 5.10 Å². The Balaban J connectivity index is 2.28. The van der Waals surface area contributed by atoms with Gasteiger partial charge in [0.1, 0.15) is 4.90 Å². The fourth-order valence-electron chi connectivity index (χ4n) is 1.07. The summed E-state index contributed by atoms with van der Waals surface area (Å²) in [6, 6.07) is 5.58. The van der Waals surface area contributed by atoms with Crippen molar-refractivity contribution in [3.63, 3.8) is 0 Å². The summed E-state index contributed by atoms with van der Waals surface area (Å²) in [5.74, 6) is 0. The molecule has 0 aliphatic heterocycles. The first-order valence-electron chi connectivity index (χ1n) is 4.38. The average molecular weight is 293 g/mol. The van der Waals surface area contributed by atoms with Gasteiger partial charge in [-0.3, -0.25) is 4.28 Å². The lowest BCUT2D eigenvalue weighted by atomic mass is 10.4. The standard InChI is InChI=1S/C9H6Cl2N2O3S/c10-7-1-3-9(4-2-7)17(14,15)16-13-6-8(11)5-12-13/h1-6H. The summed E-state index contributed by atoms with van der Waals surface area (Å²) in [5.41, 5.74) is 0. The molecule has 0 radical (unpaired) electrons. The fraction of sp³-hybridized carbons (Fsp3) is 0. The highest BCUT2D eigenvalue weighted by atomic mass is 35.5. The summed E-state index contributed by atoms with van der Waals surface area (Å²) in [5, 5.41) is 4.31. The van der Waals surface area contributed by atoms with Crippen LogP contribution in [0.1, 0.15) is 0 Å². The number of hydrogen-bond donors (Lipinski definition) is 0. The van der Waals surface area contributed by atoms with Gasteiger partial charge >= 0.3 is 10.1 Å². The molecule has 5 nitrogen and oxygen atoms in total. The molecule has 0 unspecified atom stereocenters. The van der Waals surface area contributed by atoms with Crippen LogP contribution in [-0.4, -0.2) is 18.4 Å². The number of nitrogens with zero attached hydrogens (tertiary/aromatic N) is 2. The third kappa shape index (κ3) is 2.91. The van der Waals surface area contributed by atoms with Crippen molar-refractivity contribution in [2.24, 2.45) is 0 Å². The summed E-state index contributed by atoms with van der Waals surface area (Å²) in [7, 11) is -3.93. The normalized spacial score (nSPS) is 11.4. The van der Waals surface area contributed by atoms with Gasteiger partial charge in [-0.05, 0) is 24.3 Å². The van der Waals surface area contributed by atoms with Crippen LogP contribution in [-0.2, 0) is 10.1 Å². The van der Waals surface area contributed by atoms with E-state index in [0.717, 1.165) is 4.85 Å². The van der Waals surface area contributed by atoms with E-state index in [1.807, 2.05) is 0 Å². The quantitative estimate of drug-likeness (QED) is 0.868. The first-order valence-corrected chi connectivity index (χ1v) is 6.54. The molecule has 0 atom stereocenters. The third-order valence-corrected chi connectivity index (χ3v) is 3.45. The van der Waals surface area contributed by atoms with Gasteiger partial charge in [0.25, 0.3) is 0 Å². The molecular weight excluding hydrogens is 287 g/mol. The predicted molar refractivity (Wildman–Crippen MR) is 62.5 cm³/mol. The molecule has 0 saturated carbocycles. The maximum absolute atomic E-state index is 11.8. The molecule has 0 spiro atoms. The van der Waals surface area contributed by atoms with Crippen LogP contribution in [0.3, 0.4) is 0 Å². The average Bonchev–Trinajstić information content (AvgIpc) is 2.63. The van der Waals surface area contributed by atoms with E-state index in [1.54, 1.807) is 0 Å². The second-order valence-corrected chi connectivity index (χ2v) is 5.45. The molecule has 1 heterocycles. The van der Waals surface area contributed by atoms with E-state index in [0.29, 0.717) is 5.02 Å². The molecular formula is C9H6Cl2N2O3S. The molecule has 2 aromatic rings. The van der Waals surface area contributed by atoms with Crippen LogP contribution < -0.4 is 4.28 Å². The molecule has 0 saturated heterocycles. The molecule has 0 amide bonds. The van der Waals surface area contributed by atoms with Gasteiger partial charge in [-0.2, -0.15) is 8.42 Å². The summed E-state index contributed by atoms with van der Waals surface area (Å²) >= 11 is 11.2. The summed E-state index contributed by atoms with van der Waals surface area (Å²) in [4.78, 5) is 0.750.